The van der Waals surface area contributed by atoms with Gasteiger partial charge in [-0.05, 0) is 41.0 Å². The number of benzene rings is 2. The average molecular weight is 322 g/mol. The summed E-state index contributed by atoms with van der Waals surface area (Å²) in [7, 11) is 0. The van der Waals surface area contributed by atoms with Crippen molar-refractivity contribution in [3.63, 3.8) is 0 Å². The molecule has 0 spiro atoms. The van der Waals surface area contributed by atoms with Crippen molar-refractivity contribution in [3.8, 4) is 5.75 Å². The highest BCUT2D eigenvalue weighted by atomic mass is 16.3. The summed E-state index contributed by atoms with van der Waals surface area (Å²) in [6, 6.07) is 13.6. The van der Waals surface area contributed by atoms with Gasteiger partial charge in [-0.3, -0.25) is 9.59 Å². The Bertz CT molecular complexity index is 770. The van der Waals surface area contributed by atoms with Crippen molar-refractivity contribution < 1.29 is 19.8 Å². The monoisotopic (exact) mass is 322 g/mol. The zero-order chi connectivity index (χ0) is 17.4. The van der Waals surface area contributed by atoms with Gasteiger partial charge in [0.2, 0.25) is 0 Å². The standard InChI is InChI=1S/C20H18O4/c21-14-17-4-2-1-3-16(17)8-12-20(24)13-19(23)11-7-15-5-9-18(22)10-6-15/h1-12,21-22H,13-14H2. The Balaban J connectivity index is 1.93. The van der Waals surface area contributed by atoms with Gasteiger partial charge < -0.3 is 10.2 Å². The molecule has 4 nitrogen and oxygen atoms in total. The number of aromatic hydroxyl groups is 1. The average Bonchev–Trinajstić information content (AvgIpc) is 2.59. The number of phenolic OH excluding ortho intramolecular Hbond substituents is 1. The van der Waals surface area contributed by atoms with Crippen molar-refractivity contribution in [1.29, 1.82) is 0 Å². The van der Waals surface area contributed by atoms with Crippen molar-refractivity contribution in [3.05, 3.63) is 77.4 Å². The van der Waals surface area contributed by atoms with Crippen molar-refractivity contribution in [1.82, 2.24) is 0 Å². The lowest BCUT2D eigenvalue weighted by Gasteiger charge is -2.00. The van der Waals surface area contributed by atoms with Crippen molar-refractivity contribution in [2.75, 3.05) is 0 Å². The predicted molar refractivity (Wildman–Crippen MR) is 93.2 cm³/mol. The molecule has 2 N–H and O–H groups in total. The highest BCUT2D eigenvalue weighted by molar-refractivity contribution is 6.10. The van der Waals surface area contributed by atoms with Crippen molar-refractivity contribution in [2.24, 2.45) is 0 Å². The second-order valence-corrected chi connectivity index (χ2v) is 5.22. The summed E-state index contributed by atoms with van der Waals surface area (Å²) in [5.74, 6) is -0.446. The van der Waals surface area contributed by atoms with E-state index in [1.54, 1.807) is 36.4 Å². The summed E-state index contributed by atoms with van der Waals surface area (Å²) in [5, 5.41) is 18.4. The van der Waals surface area contributed by atoms with E-state index in [2.05, 4.69) is 0 Å². The van der Waals surface area contributed by atoms with Gasteiger partial charge in [0.1, 0.15) is 5.75 Å². The Hall–Kier alpha value is -2.98. The van der Waals surface area contributed by atoms with E-state index >= 15 is 0 Å². The molecule has 0 saturated carbocycles. The lowest BCUT2D eigenvalue weighted by Crippen LogP contribution is -2.02. The number of aliphatic hydroxyl groups excluding tert-OH is 1. The fourth-order valence-electron chi connectivity index (χ4n) is 2.09. The van der Waals surface area contributed by atoms with Gasteiger partial charge in [-0.25, -0.2) is 0 Å². The molecule has 0 aliphatic carbocycles. The molecule has 0 aliphatic rings. The third-order valence-corrected chi connectivity index (χ3v) is 3.38. The number of hydrogen-bond donors (Lipinski definition) is 2. The van der Waals surface area contributed by atoms with Crippen molar-refractivity contribution in [2.45, 2.75) is 13.0 Å². The summed E-state index contributed by atoms with van der Waals surface area (Å²) >= 11 is 0. The summed E-state index contributed by atoms with van der Waals surface area (Å²) in [6.45, 7) is -0.108. The maximum atomic E-state index is 11.8. The van der Waals surface area contributed by atoms with E-state index in [0.717, 1.165) is 16.7 Å². The second kappa shape index (κ2) is 8.60. The molecule has 0 bridgehead atoms. The number of allylic oxidation sites excluding steroid dienone is 2. The summed E-state index contributed by atoms with van der Waals surface area (Å²) in [6.07, 6.45) is 5.68. The third-order valence-electron chi connectivity index (χ3n) is 3.38. The van der Waals surface area contributed by atoms with Crippen molar-refractivity contribution >= 4 is 23.7 Å². The molecule has 4 heteroatoms. The predicted octanol–water partition coefficient (Wildman–Crippen LogP) is 3.14. The topological polar surface area (TPSA) is 74.6 Å². The molecule has 2 aromatic carbocycles. The molecule has 0 radical (unpaired) electrons. The van der Waals surface area contributed by atoms with Gasteiger partial charge in [0.05, 0.1) is 13.0 Å². The fourth-order valence-corrected chi connectivity index (χ4v) is 2.09. The summed E-state index contributed by atoms with van der Waals surface area (Å²) in [5.41, 5.74) is 2.24. The number of ketones is 2. The number of hydrogen-bond acceptors (Lipinski definition) is 4. The molecule has 24 heavy (non-hydrogen) atoms. The Morgan fingerprint density at radius 2 is 1.50 bits per heavy atom. The van der Waals surface area contributed by atoms with Crippen LogP contribution in [0.15, 0.2) is 60.7 Å². The zero-order valence-electron chi connectivity index (χ0n) is 13.1. The van der Waals surface area contributed by atoms with Gasteiger partial charge in [-0.2, -0.15) is 0 Å². The maximum Gasteiger partial charge on any atom is 0.163 e. The van der Waals surface area contributed by atoms with E-state index in [-0.39, 0.29) is 30.3 Å². The van der Waals surface area contributed by atoms with Crippen LogP contribution >= 0.6 is 0 Å². The van der Waals surface area contributed by atoms with Crippen LogP contribution in [-0.4, -0.2) is 21.8 Å². The molecular formula is C20H18O4. The summed E-state index contributed by atoms with van der Waals surface area (Å²) < 4.78 is 0. The van der Waals surface area contributed by atoms with Gasteiger partial charge in [-0.1, -0.05) is 48.6 Å². The van der Waals surface area contributed by atoms with Crippen LogP contribution < -0.4 is 0 Å². The van der Waals surface area contributed by atoms with E-state index in [9.17, 15) is 19.8 Å². The lowest BCUT2D eigenvalue weighted by atomic mass is 10.1. The Morgan fingerprint density at radius 1 is 0.875 bits per heavy atom. The van der Waals surface area contributed by atoms with E-state index < -0.39 is 0 Å². The molecule has 122 valence electrons. The molecule has 0 amide bonds. The van der Waals surface area contributed by atoms with Crippen LogP contribution in [0.3, 0.4) is 0 Å². The normalized spacial score (nSPS) is 11.2. The molecule has 0 aliphatic heterocycles. The highest BCUT2D eigenvalue weighted by Gasteiger charge is 2.04. The van der Waals surface area contributed by atoms with Crippen LogP contribution in [0.1, 0.15) is 23.1 Å². The first-order chi connectivity index (χ1) is 11.6. The molecule has 0 aromatic heterocycles. The van der Waals surface area contributed by atoms with E-state index in [4.69, 9.17) is 0 Å². The summed E-state index contributed by atoms with van der Waals surface area (Å²) in [4.78, 5) is 23.6. The largest absolute Gasteiger partial charge is 0.508 e. The molecule has 0 atom stereocenters. The molecular weight excluding hydrogens is 304 g/mol. The minimum atomic E-state index is -0.303. The van der Waals surface area contributed by atoms with Gasteiger partial charge in [-0.15, -0.1) is 0 Å². The molecule has 0 unspecified atom stereocenters. The van der Waals surface area contributed by atoms with E-state index in [0.29, 0.717) is 0 Å². The zero-order valence-corrected chi connectivity index (χ0v) is 13.1. The van der Waals surface area contributed by atoms with Crippen LogP contribution in [0, 0.1) is 0 Å². The molecule has 2 rings (SSSR count). The number of aliphatic hydroxyl groups is 1. The molecule has 0 fully saturated rings. The van der Waals surface area contributed by atoms with Gasteiger partial charge in [0, 0.05) is 0 Å². The second-order valence-electron chi connectivity index (χ2n) is 5.22. The van der Waals surface area contributed by atoms with Crippen LogP contribution in [0.2, 0.25) is 0 Å². The first-order valence-electron chi connectivity index (χ1n) is 7.48. The first kappa shape index (κ1) is 17.4. The molecule has 2 aromatic rings. The van der Waals surface area contributed by atoms with Crippen LogP contribution in [0.4, 0.5) is 0 Å². The minimum Gasteiger partial charge on any atom is -0.508 e. The maximum absolute atomic E-state index is 11.8. The smallest absolute Gasteiger partial charge is 0.163 e. The van der Waals surface area contributed by atoms with Crippen LogP contribution in [-0.2, 0) is 16.2 Å². The Morgan fingerprint density at radius 3 is 2.17 bits per heavy atom. The molecule has 0 saturated heterocycles. The Kier molecular flexibility index (Phi) is 6.23. The molecule has 0 heterocycles. The SMILES string of the molecule is O=C(C=Cc1ccc(O)cc1)CC(=O)C=Cc1ccccc1CO. The van der Waals surface area contributed by atoms with Gasteiger partial charge in [0.25, 0.3) is 0 Å². The van der Waals surface area contributed by atoms with Gasteiger partial charge in [0.15, 0.2) is 11.6 Å². The fraction of sp³-hybridized carbons (Fsp3) is 0.100. The third kappa shape index (κ3) is 5.34. The first-order valence-corrected chi connectivity index (χ1v) is 7.48. The number of carbonyl (C=O) groups is 2. The van der Waals surface area contributed by atoms with E-state index in [1.807, 2.05) is 12.1 Å². The number of phenols is 1. The van der Waals surface area contributed by atoms with Crippen LogP contribution in [0.25, 0.3) is 12.2 Å². The Labute approximate surface area is 140 Å². The number of rotatable bonds is 7. The quantitative estimate of drug-likeness (QED) is 0.606. The highest BCUT2D eigenvalue weighted by Crippen LogP contribution is 2.12. The van der Waals surface area contributed by atoms with Crippen LogP contribution in [0.5, 0.6) is 5.75 Å². The number of carbonyl (C=O) groups excluding carboxylic acids is 2. The van der Waals surface area contributed by atoms with Gasteiger partial charge >= 0.3 is 0 Å². The lowest BCUT2D eigenvalue weighted by molar-refractivity contribution is -0.121. The van der Waals surface area contributed by atoms with E-state index in [1.165, 1.54) is 24.3 Å². The minimum absolute atomic E-state index is 0.108.